The molecular weight excluding hydrogens is 333 g/mol. The molecule has 0 N–H and O–H groups in total. The van der Waals surface area contributed by atoms with Crippen LogP contribution in [-0.4, -0.2) is 34.2 Å². The summed E-state index contributed by atoms with van der Waals surface area (Å²) in [6.07, 6.45) is 0. The van der Waals surface area contributed by atoms with E-state index in [1.807, 2.05) is 26.0 Å². The number of amides is 1. The number of benzene rings is 1. The molecule has 0 saturated carbocycles. The monoisotopic (exact) mass is 347 g/mol. The van der Waals surface area contributed by atoms with Gasteiger partial charge in [-0.1, -0.05) is 23.7 Å². The molecule has 3 rings (SSSR count). The highest BCUT2D eigenvalue weighted by Gasteiger charge is 2.79. The molecule has 2 fully saturated rings. The Morgan fingerprint density at radius 1 is 1.38 bits per heavy atom. The fourth-order valence-electron chi connectivity index (χ4n) is 3.40. The zero-order chi connectivity index (χ0) is 15.4. The fourth-order valence-corrected chi connectivity index (χ4v) is 4.42. The van der Waals surface area contributed by atoms with Gasteiger partial charge in [0, 0.05) is 28.4 Å². The Bertz CT molecular complexity index is 577. The number of nitrogens with zero attached hydrogens (tertiary/aromatic N) is 1. The molecule has 0 unspecified atom stereocenters. The van der Waals surface area contributed by atoms with Crippen molar-refractivity contribution in [1.82, 2.24) is 4.90 Å². The van der Waals surface area contributed by atoms with Gasteiger partial charge in [-0.15, -0.1) is 23.2 Å². The van der Waals surface area contributed by atoms with Gasteiger partial charge in [0.2, 0.25) is 0 Å². The van der Waals surface area contributed by atoms with Gasteiger partial charge in [0.1, 0.15) is 0 Å². The van der Waals surface area contributed by atoms with Crippen LogP contribution in [0.25, 0.3) is 0 Å². The van der Waals surface area contributed by atoms with Crippen LogP contribution in [-0.2, 0) is 15.3 Å². The molecule has 0 aromatic heterocycles. The first-order valence-electron chi connectivity index (χ1n) is 6.88. The van der Waals surface area contributed by atoms with Crippen molar-refractivity contribution < 1.29 is 9.53 Å². The first-order chi connectivity index (χ1) is 9.89. The first-order valence-corrected chi connectivity index (χ1v) is 8.17. The van der Waals surface area contributed by atoms with E-state index < -0.39 is 10.6 Å². The average molecular weight is 349 g/mol. The summed E-state index contributed by atoms with van der Waals surface area (Å²) in [5.74, 6) is -0.0347. The number of alkyl halides is 2. The molecule has 0 spiro atoms. The van der Waals surface area contributed by atoms with E-state index in [0.717, 1.165) is 5.56 Å². The Balaban J connectivity index is 2.15. The normalized spacial score (nSPS) is 35.0. The molecule has 3 nitrogen and oxygen atoms in total. The number of likely N-dealkylation sites (tertiary alicyclic amines) is 1. The number of rotatable bonds is 3. The molecule has 1 amide bonds. The summed E-state index contributed by atoms with van der Waals surface area (Å²) in [7, 11) is 0. The number of carbonyl (C=O) groups excluding carboxylic acids is 1. The Labute approximate surface area is 139 Å². The molecule has 114 valence electrons. The van der Waals surface area contributed by atoms with E-state index in [0.29, 0.717) is 11.6 Å². The lowest BCUT2D eigenvalue weighted by molar-refractivity contribution is -0.223. The molecule has 2 saturated heterocycles. The SMILES string of the molecule is CC(C)N1C(=O)[C@@]2(Cl)[C@@H](CCl)CO[C@@]12c1ccc(Cl)cc1. The quantitative estimate of drug-likeness (QED) is 0.617. The highest BCUT2D eigenvalue weighted by atomic mass is 35.5. The van der Waals surface area contributed by atoms with Crippen molar-refractivity contribution in [3.05, 3.63) is 34.9 Å². The minimum atomic E-state index is -1.13. The summed E-state index contributed by atoms with van der Waals surface area (Å²) in [6.45, 7) is 4.26. The second kappa shape index (κ2) is 5.02. The van der Waals surface area contributed by atoms with Gasteiger partial charge < -0.3 is 9.64 Å². The number of β-lactam (4-membered cyclic amide) rings is 1. The minimum Gasteiger partial charge on any atom is -0.348 e. The molecule has 0 bridgehead atoms. The number of fused-ring (bicyclic) bond motifs is 1. The van der Waals surface area contributed by atoms with Gasteiger partial charge in [0.05, 0.1) is 6.61 Å². The zero-order valence-electron chi connectivity index (χ0n) is 11.8. The standard InChI is InChI=1S/C15H16Cl3NO2/c1-9(2)19-13(20)14(18)11(7-16)8-21-15(14,19)10-3-5-12(17)6-4-10/h3-6,9,11H,7-8H2,1-2H3/t11-,14-,15+/m0/s1. The molecular formula is C15H16Cl3NO2. The average Bonchev–Trinajstić information content (AvgIpc) is 2.70. The summed E-state index contributed by atoms with van der Waals surface area (Å²) < 4.78 is 6.06. The number of hydrogen-bond acceptors (Lipinski definition) is 2. The number of carbonyl (C=O) groups is 1. The Hall–Kier alpha value is -0.480. The highest BCUT2D eigenvalue weighted by Crippen LogP contribution is 2.62. The smallest absolute Gasteiger partial charge is 0.252 e. The van der Waals surface area contributed by atoms with E-state index in [-0.39, 0.29) is 23.7 Å². The second-order valence-electron chi connectivity index (χ2n) is 5.79. The molecule has 0 aliphatic carbocycles. The van der Waals surface area contributed by atoms with Crippen LogP contribution < -0.4 is 0 Å². The zero-order valence-corrected chi connectivity index (χ0v) is 14.0. The van der Waals surface area contributed by atoms with E-state index in [2.05, 4.69) is 0 Å². The van der Waals surface area contributed by atoms with Crippen LogP contribution in [0.4, 0.5) is 0 Å². The van der Waals surface area contributed by atoms with Crippen molar-refractivity contribution in [3.8, 4) is 0 Å². The largest absolute Gasteiger partial charge is 0.348 e. The number of ether oxygens (including phenoxy) is 1. The minimum absolute atomic E-state index is 0.0193. The molecule has 1 aromatic carbocycles. The molecule has 2 heterocycles. The maximum absolute atomic E-state index is 12.7. The number of halogens is 3. The van der Waals surface area contributed by atoms with Crippen LogP contribution in [0.5, 0.6) is 0 Å². The van der Waals surface area contributed by atoms with E-state index in [9.17, 15) is 4.79 Å². The van der Waals surface area contributed by atoms with E-state index in [1.54, 1.807) is 17.0 Å². The van der Waals surface area contributed by atoms with Gasteiger partial charge >= 0.3 is 0 Å². The van der Waals surface area contributed by atoms with Gasteiger partial charge in [-0.05, 0) is 26.0 Å². The summed E-state index contributed by atoms with van der Waals surface area (Å²) in [4.78, 5) is 13.2. The van der Waals surface area contributed by atoms with E-state index in [4.69, 9.17) is 39.5 Å². The van der Waals surface area contributed by atoms with Crippen LogP contribution in [0.2, 0.25) is 5.02 Å². The van der Waals surface area contributed by atoms with Crippen molar-refractivity contribution in [2.75, 3.05) is 12.5 Å². The lowest BCUT2D eigenvalue weighted by Gasteiger charge is -2.60. The third kappa shape index (κ3) is 1.75. The molecule has 0 radical (unpaired) electrons. The Kier molecular flexibility index (Phi) is 3.69. The highest BCUT2D eigenvalue weighted by molar-refractivity contribution is 6.39. The number of hydrogen-bond donors (Lipinski definition) is 0. The van der Waals surface area contributed by atoms with Crippen molar-refractivity contribution in [2.45, 2.75) is 30.5 Å². The lowest BCUT2D eigenvalue weighted by atomic mass is 9.72. The molecule has 1 aromatic rings. The van der Waals surface area contributed by atoms with Gasteiger partial charge in [-0.25, -0.2) is 0 Å². The van der Waals surface area contributed by atoms with Crippen LogP contribution in [0.15, 0.2) is 24.3 Å². The molecule has 6 heteroatoms. The summed E-state index contributed by atoms with van der Waals surface area (Å²) in [6, 6.07) is 7.26. The fraction of sp³-hybridized carbons (Fsp3) is 0.533. The molecule has 2 aliphatic heterocycles. The molecule has 2 aliphatic rings. The predicted octanol–water partition coefficient (Wildman–Crippen LogP) is 3.61. The van der Waals surface area contributed by atoms with Crippen molar-refractivity contribution in [2.24, 2.45) is 5.92 Å². The van der Waals surface area contributed by atoms with E-state index >= 15 is 0 Å². The Morgan fingerprint density at radius 3 is 2.52 bits per heavy atom. The van der Waals surface area contributed by atoms with Crippen LogP contribution in [0.3, 0.4) is 0 Å². The third-order valence-corrected chi connectivity index (χ3v) is 5.71. The maximum atomic E-state index is 12.7. The summed E-state index contributed by atoms with van der Waals surface area (Å²) >= 11 is 18.7. The molecule has 21 heavy (non-hydrogen) atoms. The second-order valence-corrected chi connectivity index (χ2v) is 7.14. The maximum Gasteiger partial charge on any atom is 0.252 e. The van der Waals surface area contributed by atoms with Gasteiger partial charge in [-0.2, -0.15) is 0 Å². The van der Waals surface area contributed by atoms with Crippen molar-refractivity contribution in [1.29, 1.82) is 0 Å². The lowest BCUT2D eigenvalue weighted by Crippen LogP contribution is -2.79. The first kappa shape index (κ1) is 15.4. The Morgan fingerprint density at radius 2 is 2.00 bits per heavy atom. The van der Waals surface area contributed by atoms with E-state index in [1.165, 1.54) is 0 Å². The summed E-state index contributed by atoms with van der Waals surface area (Å²) in [5.41, 5.74) is -0.118. The van der Waals surface area contributed by atoms with Gasteiger partial charge in [0.15, 0.2) is 10.6 Å². The van der Waals surface area contributed by atoms with Crippen LogP contribution in [0, 0.1) is 5.92 Å². The van der Waals surface area contributed by atoms with Gasteiger partial charge in [0.25, 0.3) is 5.91 Å². The predicted molar refractivity (Wildman–Crippen MR) is 83.9 cm³/mol. The van der Waals surface area contributed by atoms with Gasteiger partial charge in [-0.3, -0.25) is 4.79 Å². The van der Waals surface area contributed by atoms with Crippen LogP contribution in [0.1, 0.15) is 19.4 Å². The topological polar surface area (TPSA) is 29.5 Å². The van der Waals surface area contributed by atoms with Crippen LogP contribution >= 0.6 is 34.8 Å². The summed E-state index contributed by atoms with van der Waals surface area (Å²) in [5, 5.41) is 0.629. The molecule has 3 atom stereocenters. The third-order valence-electron chi connectivity index (χ3n) is 4.36. The van der Waals surface area contributed by atoms with Crippen molar-refractivity contribution >= 4 is 40.7 Å². The van der Waals surface area contributed by atoms with Crippen molar-refractivity contribution in [3.63, 3.8) is 0 Å².